The summed E-state index contributed by atoms with van der Waals surface area (Å²) in [7, 11) is 0. The Morgan fingerprint density at radius 1 is 1.14 bits per heavy atom. The molecule has 22 heavy (non-hydrogen) atoms. The van der Waals surface area contributed by atoms with Gasteiger partial charge in [-0.15, -0.1) is 0 Å². The van der Waals surface area contributed by atoms with Crippen LogP contribution in [0.4, 0.5) is 0 Å². The Kier molecular flexibility index (Phi) is 4.04. The van der Waals surface area contributed by atoms with Gasteiger partial charge < -0.3 is 10.4 Å². The molecule has 0 amide bonds. The molecule has 0 radical (unpaired) electrons. The average Bonchev–Trinajstić information content (AvgIpc) is 2.89. The minimum Gasteiger partial charge on any atom is -0.478 e. The van der Waals surface area contributed by atoms with Crippen LogP contribution in [0.1, 0.15) is 27.7 Å². The molecule has 1 aliphatic heterocycles. The lowest BCUT2D eigenvalue weighted by atomic mass is 10.1. The monoisotopic (exact) mass is 313 g/mol. The lowest BCUT2D eigenvalue weighted by molar-refractivity contribution is 0.0694. The summed E-state index contributed by atoms with van der Waals surface area (Å²) in [4.78, 5) is 11.3. The minimum atomic E-state index is -0.952. The highest BCUT2D eigenvalue weighted by Gasteiger charge is 2.28. The molecule has 3 rings (SSSR count). The maximum Gasteiger partial charge on any atom is 0.336 e. The maximum atomic E-state index is 11.3. The van der Waals surface area contributed by atoms with Gasteiger partial charge in [-0.3, -0.25) is 5.01 Å². The Labute approximate surface area is 133 Å². The molecule has 112 valence electrons. The van der Waals surface area contributed by atoms with Crippen molar-refractivity contribution in [3.63, 3.8) is 0 Å². The summed E-state index contributed by atoms with van der Waals surface area (Å²) in [5.41, 5.74) is 5.26. The van der Waals surface area contributed by atoms with Crippen LogP contribution in [0.2, 0.25) is 0 Å². The van der Waals surface area contributed by atoms with E-state index in [9.17, 15) is 9.90 Å². The highest BCUT2D eigenvalue weighted by molar-refractivity contribution is 7.80. The zero-order valence-corrected chi connectivity index (χ0v) is 12.5. The topological polar surface area (TPSA) is 64.6 Å². The van der Waals surface area contributed by atoms with Gasteiger partial charge in [-0.25, -0.2) is 10.2 Å². The number of benzene rings is 2. The number of carboxylic acid groups (broad SMARTS) is 1. The smallest absolute Gasteiger partial charge is 0.336 e. The van der Waals surface area contributed by atoms with Crippen LogP contribution in [0.15, 0.2) is 54.6 Å². The van der Waals surface area contributed by atoms with Gasteiger partial charge in [-0.05, 0) is 23.8 Å². The van der Waals surface area contributed by atoms with E-state index in [4.69, 9.17) is 12.2 Å². The van der Waals surface area contributed by atoms with Crippen molar-refractivity contribution in [2.75, 3.05) is 0 Å². The van der Waals surface area contributed by atoms with Gasteiger partial charge in [0.05, 0.1) is 12.1 Å². The van der Waals surface area contributed by atoms with Gasteiger partial charge in [0, 0.05) is 5.56 Å². The number of carbonyl (C=O) groups is 1. The summed E-state index contributed by atoms with van der Waals surface area (Å²) in [6.07, 6.45) is -0.344. The third-order valence-corrected chi connectivity index (χ3v) is 3.82. The van der Waals surface area contributed by atoms with Crippen LogP contribution < -0.4 is 10.7 Å². The predicted octanol–water partition coefficient (Wildman–Crippen LogP) is 2.28. The zero-order valence-electron chi connectivity index (χ0n) is 11.7. The Balaban J connectivity index is 1.79. The molecule has 3 N–H and O–H groups in total. The standard InChI is InChI=1S/C16H15N3O2S/c20-15(21)13-9-5-4-8-12(13)14-17-16(22)19(18-14)10-11-6-2-1-3-7-11/h1-9,14,18H,10H2,(H,17,22)(H,20,21). The van der Waals surface area contributed by atoms with Crippen molar-refractivity contribution in [3.05, 3.63) is 71.3 Å². The van der Waals surface area contributed by atoms with Crippen LogP contribution in [0, 0.1) is 0 Å². The second-order valence-electron chi connectivity index (χ2n) is 4.98. The van der Waals surface area contributed by atoms with E-state index >= 15 is 0 Å². The van der Waals surface area contributed by atoms with Crippen molar-refractivity contribution in [1.82, 2.24) is 15.8 Å². The van der Waals surface area contributed by atoms with Gasteiger partial charge in [-0.1, -0.05) is 48.5 Å². The van der Waals surface area contributed by atoms with E-state index < -0.39 is 5.97 Å². The van der Waals surface area contributed by atoms with Crippen molar-refractivity contribution in [2.45, 2.75) is 12.7 Å². The zero-order chi connectivity index (χ0) is 15.5. The molecule has 5 nitrogen and oxygen atoms in total. The molecule has 1 heterocycles. The molecule has 1 aliphatic rings. The number of hydrazine groups is 1. The average molecular weight is 313 g/mol. The summed E-state index contributed by atoms with van der Waals surface area (Å²) in [5, 5.41) is 14.8. The third kappa shape index (κ3) is 2.93. The Morgan fingerprint density at radius 2 is 1.82 bits per heavy atom. The number of carboxylic acids is 1. The predicted molar refractivity (Wildman–Crippen MR) is 87.0 cm³/mol. The van der Waals surface area contributed by atoms with Crippen LogP contribution >= 0.6 is 12.2 Å². The molecule has 0 aromatic heterocycles. The summed E-state index contributed by atoms with van der Waals surface area (Å²) < 4.78 is 0. The number of aromatic carboxylic acids is 1. The van der Waals surface area contributed by atoms with Crippen molar-refractivity contribution in [2.24, 2.45) is 0 Å². The van der Waals surface area contributed by atoms with Crippen molar-refractivity contribution >= 4 is 23.3 Å². The van der Waals surface area contributed by atoms with Crippen LogP contribution in [0.5, 0.6) is 0 Å². The molecule has 0 aliphatic carbocycles. The third-order valence-electron chi connectivity index (χ3n) is 3.48. The van der Waals surface area contributed by atoms with E-state index in [0.717, 1.165) is 5.56 Å². The Morgan fingerprint density at radius 3 is 2.55 bits per heavy atom. The number of rotatable bonds is 4. The number of nitrogens with one attached hydrogen (secondary N) is 2. The second-order valence-corrected chi connectivity index (χ2v) is 5.36. The molecule has 1 fully saturated rings. The Bertz CT molecular complexity index is 706. The number of thiocarbonyl (C=S) groups is 1. The Hall–Kier alpha value is -2.44. The molecular weight excluding hydrogens is 298 g/mol. The molecule has 0 saturated carbocycles. The molecule has 6 heteroatoms. The lowest BCUT2D eigenvalue weighted by Crippen LogP contribution is -2.34. The van der Waals surface area contributed by atoms with Crippen LogP contribution in [-0.4, -0.2) is 21.2 Å². The SMILES string of the molecule is O=C(O)c1ccccc1C1NC(=S)N(Cc2ccccc2)N1. The molecule has 2 aromatic carbocycles. The van der Waals surface area contributed by atoms with E-state index in [1.165, 1.54) is 0 Å². The molecule has 1 atom stereocenters. The second kappa shape index (κ2) is 6.13. The molecule has 0 bridgehead atoms. The quantitative estimate of drug-likeness (QED) is 0.753. The van der Waals surface area contributed by atoms with Gasteiger partial charge in [0.2, 0.25) is 0 Å². The van der Waals surface area contributed by atoms with Crippen molar-refractivity contribution in [3.8, 4) is 0 Å². The van der Waals surface area contributed by atoms with Gasteiger partial charge in [0.15, 0.2) is 5.11 Å². The van der Waals surface area contributed by atoms with Gasteiger partial charge in [0.25, 0.3) is 0 Å². The largest absolute Gasteiger partial charge is 0.478 e. The first-order valence-corrected chi connectivity index (χ1v) is 7.26. The summed E-state index contributed by atoms with van der Waals surface area (Å²) in [6, 6.07) is 16.8. The van der Waals surface area contributed by atoms with E-state index in [1.54, 1.807) is 18.2 Å². The van der Waals surface area contributed by atoms with Crippen LogP contribution in [0.25, 0.3) is 0 Å². The molecule has 0 spiro atoms. The fourth-order valence-corrected chi connectivity index (χ4v) is 2.66. The van der Waals surface area contributed by atoms with E-state index in [2.05, 4.69) is 10.7 Å². The molecular formula is C16H15N3O2S. The fourth-order valence-electron chi connectivity index (χ4n) is 2.42. The molecule has 1 saturated heterocycles. The first-order chi connectivity index (χ1) is 10.6. The van der Waals surface area contributed by atoms with E-state index in [0.29, 0.717) is 17.2 Å². The van der Waals surface area contributed by atoms with E-state index in [1.807, 2.05) is 41.4 Å². The van der Waals surface area contributed by atoms with Gasteiger partial charge >= 0.3 is 5.97 Å². The lowest BCUT2D eigenvalue weighted by Gasteiger charge is -2.18. The number of hydrogen-bond acceptors (Lipinski definition) is 3. The van der Waals surface area contributed by atoms with Gasteiger partial charge in [-0.2, -0.15) is 0 Å². The number of hydrogen-bond donors (Lipinski definition) is 3. The van der Waals surface area contributed by atoms with Crippen molar-refractivity contribution < 1.29 is 9.90 Å². The fraction of sp³-hybridized carbons (Fsp3) is 0.125. The highest BCUT2D eigenvalue weighted by Crippen LogP contribution is 2.21. The normalized spacial score (nSPS) is 17.4. The summed E-state index contributed by atoms with van der Waals surface area (Å²) in [6.45, 7) is 0.610. The molecule has 2 aromatic rings. The van der Waals surface area contributed by atoms with Crippen molar-refractivity contribution in [1.29, 1.82) is 0 Å². The summed E-state index contributed by atoms with van der Waals surface area (Å²) >= 11 is 5.33. The van der Waals surface area contributed by atoms with E-state index in [-0.39, 0.29) is 11.7 Å². The number of nitrogens with zero attached hydrogens (tertiary/aromatic N) is 1. The maximum absolute atomic E-state index is 11.3. The van der Waals surface area contributed by atoms with Gasteiger partial charge in [0.1, 0.15) is 6.17 Å². The summed E-state index contributed by atoms with van der Waals surface area (Å²) in [5.74, 6) is -0.952. The first kappa shape index (κ1) is 14.5. The molecule has 1 unspecified atom stereocenters. The first-order valence-electron chi connectivity index (χ1n) is 6.85. The highest BCUT2D eigenvalue weighted by atomic mass is 32.1. The van der Waals surface area contributed by atoms with Crippen LogP contribution in [0.3, 0.4) is 0 Å². The van der Waals surface area contributed by atoms with Crippen LogP contribution in [-0.2, 0) is 6.54 Å². The minimum absolute atomic E-state index is 0.261.